The Morgan fingerprint density at radius 3 is 1.00 bits per heavy atom. The van der Waals surface area contributed by atoms with Crippen LogP contribution < -0.4 is 0 Å². The monoisotopic (exact) mass is 523 g/mol. The van der Waals surface area contributed by atoms with E-state index in [9.17, 15) is 14.4 Å². The van der Waals surface area contributed by atoms with Crippen LogP contribution in [0, 0.1) is 35.6 Å². The molecule has 3 N–H and O–H groups in total. The van der Waals surface area contributed by atoms with Crippen molar-refractivity contribution < 1.29 is 65.3 Å². The molecule has 3 aromatic heterocycles. The largest absolute Gasteiger partial charge is 0.480 e. The van der Waals surface area contributed by atoms with Crippen LogP contribution in [0.3, 0.4) is 0 Å². The van der Waals surface area contributed by atoms with Gasteiger partial charge in [0.1, 0.15) is 0 Å². The van der Waals surface area contributed by atoms with Crippen LogP contribution in [0.2, 0.25) is 0 Å². The summed E-state index contributed by atoms with van der Waals surface area (Å²) in [6, 6.07) is 0. The van der Waals surface area contributed by atoms with Crippen molar-refractivity contribution in [3.05, 3.63) is 19.0 Å². The summed E-state index contributed by atoms with van der Waals surface area (Å²) in [5, 5.41) is 54.8. The Balaban J connectivity index is 0.000000384. The number of hydrogen-bond acceptors (Lipinski definition) is 12. The molecule has 28 heavy (non-hydrogen) atoms. The third kappa shape index (κ3) is 12.2. The van der Waals surface area contributed by atoms with Crippen LogP contribution in [-0.4, -0.2) is 93.8 Å². The van der Waals surface area contributed by atoms with E-state index in [1.807, 2.05) is 0 Å². The van der Waals surface area contributed by atoms with Gasteiger partial charge in [-0.05, 0) is 15.6 Å². The van der Waals surface area contributed by atoms with Gasteiger partial charge in [0.25, 0.3) is 0 Å². The number of aliphatic carboxylic acids is 3. The second kappa shape index (κ2) is 13.9. The quantitative estimate of drug-likeness (QED) is 0.281. The van der Waals surface area contributed by atoms with E-state index in [1.165, 1.54) is 19.0 Å². The maximum absolute atomic E-state index is 9.94. The van der Waals surface area contributed by atoms with Gasteiger partial charge >= 0.3 is 17.9 Å². The van der Waals surface area contributed by atoms with E-state index in [1.54, 1.807) is 0 Å². The zero-order valence-electron chi connectivity index (χ0n) is 13.9. The van der Waals surface area contributed by atoms with E-state index in [4.69, 9.17) is 15.3 Å². The number of carboxylic acid groups (broad SMARTS) is 3. The minimum Gasteiger partial charge on any atom is -0.480 e. The number of carboxylic acids is 3. The number of rotatable bonds is 6. The van der Waals surface area contributed by atoms with Gasteiger partial charge in [-0.2, -0.15) is 14.4 Å². The minimum absolute atomic E-state index is 0. The first-order valence-electron chi connectivity index (χ1n) is 6.64. The van der Waals surface area contributed by atoms with Crippen molar-refractivity contribution in [2.24, 2.45) is 0 Å². The molecule has 0 spiro atoms. The molecule has 3 aromatic rings. The molecular formula is C9H12LaN12O6. The topological polar surface area (TPSA) is 243 Å². The SMILES string of the molecule is O=C(O)Cn1ncnn1.O=C(O)Cn1ncnn1.O=C(O)Cn1ncnn1.[La]. The summed E-state index contributed by atoms with van der Waals surface area (Å²) in [4.78, 5) is 32.8. The number of carbonyl (C=O) groups is 3. The van der Waals surface area contributed by atoms with Gasteiger partial charge in [0.15, 0.2) is 38.6 Å². The summed E-state index contributed by atoms with van der Waals surface area (Å²) < 4.78 is 0. The Labute approximate surface area is 182 Å². The Hall–Kier alpha value is -3.19. The zero-order valence-corrected chi connectivity index (χ0v) is 17.5. The molecule has 0 amide bonds. The molecule has 1 radical (unpaired) electrons. The molecule has 3 heterocycles. The van der Waals surface area contributed by atoms with Crippen LogP contribution in [-0.2, 0) is 34.0 Å². The molecule has 0 saturated carbocycles. The number of tetrazole rings is 3. The van der Waals surface area contributed by atoms with Crippen LogP contribution in [0.25, 0.3) is 0 Å². The molecule has 0 bridgehead atoms. The first-order valence-corrected chi connectivity index (χ1v) is 6.64. The van der Waals surface area contributed by atoms with Gasteiger partial charge in [-0.3, -0.25) is 14.4 Å². The van der Waals surface area contributed by atoms with Crippen molar-refractivity contribution in [3.8, 4) is 0 Å². The van der Waals surface area contributed by atoms with E-state index < -0.39 is 17.9 Å². The van der Waals surface area contributed by atoms with Gasteiger partial charge in [-0.15, -0.1) is 30.6 Å². The van der Waals surface area contributed by atoms with E-state index in [0.717, 1.165) is 14.4 Å². The van der Waals surface area contributed by atoms with E-state index in [2.05, 4.69) is 46.2 Å². The fourth-order valence-corrected chi connectivity index (χ4v) is 1.15. The molecule has 19 heteroatoms. The Bertz CT molecular complexity index is 697. The predicted molar refractivity (Wildman–Crippen MR) is 76.4 cm³/mol. The van der Waals surface area contributed by atoms with Crippen molar-refractivity contribution in [1.82, 2.24) is 60.6 Å². The molecule has 0 unspecified atom stereocenters. The standard InChI is InChI=1S/3C3H4N4O2.La/c3*8-3(9)1-7-5-2-4-6-7;/h3*2H,1H2,(H,8,9);. The van der Waals surface area contributed by atoms with Crippen molar-refractivity contribution in [2.75, 3.05) is 0 Å². The molecule has 3 rings (SSSR count). The smallest absolute Gasteiger partial charge is 0.327 e. The summed E-state index contributed by atoms with van der Waals surface area (Å²) in [6.07, 6.45) is 3.55. The Morgan fingerprint density at radius 2 is 0.857 bits per heavy atom. The van der Waals surface area contributed by atoms with Gasteiger partial charge in [0.2, 0.25) is 0 Å². The fourth-order valence-electron chi connectivity index (χ4n) is 1.15. The third-order valence-corrected chi connectivity index (χ3v) is 2.00. The molecule has 0 aromatic carbocycles. The van der Waals surface area contributed by atoms with Crippen LogP contribution in [0.1, 0.15) is 0 Å². The summed E-state index contributed by atoms with van der Waals surface area (Å²) in [5.41, 5.74) is 0. The molecule has 0 fully saturated rings. The third-order valence-electron chi connectivity index (χ3n) is 2.00. The van der Waals surface area contributed by atoms with Gasteiger partial charge < -0.3 is 15.3 Å². The molecule has 18 nitrogen and oxygen atoms in total. The van der Waals surface area contributed by atoms with Crippen LogP contribution in [0.5, 0.6) is 0 Å². The minimum atomic E-state index is -0.979. The van der Waals surface area contributed by atoms with Crippen molar-refractivity contribution in [3.63, 3.8) is 0 Å². The Morgan fingerprint density at radius 1 is 0.607 bits per heavy atom. The average molecular weight is 523 g/mol. The first kappa shape index (κ1) is 24.8. The van der Waals surface area contributed by atoms with Crippen LogP contribution in [0.4, 0.5) is 0 Å². The summed E-state index contributed by atoms with van der Waals surface area (Å²) >= 11 is 0. The second-order valence-corrected chi connectivity index (χ2v) is 4.08. The van der Waals surface area contributed by atoms with Gasteiger partial charge in [0.05, 0.1) is 0 Å². The maximum Gasteiger partial charge on any atom is 0.327 e. The molecule has 0 atom stereocenters. The van der Waals surface area contributed by atoms with Gasteiger partial charge in [0, 0.05) is 35.6 Å². The van der Waals surface area contributed by atoms with E-state index >= 15 is 0 Å². The van der Waals surface area contributed by atoms with Crippen LogP contribution >= 0.6 is 0 Å². The molecule has 147 valence electrons. The summed E-state index contributed by atoms with van der Waals surface area (Å²) in [6.45, 7) is -0.708. The second-order valence-electron chi connectivity index (χ2n) is 4.08. The summed E-state index contributed by atoms with van der Waals surface area (Å²) in [5.74, 6) is -2.94. The zero-order chi connectivity index (χ0) is 20.1. The normalized spacial score (nSPS) is 9.00. The predicted octanol–water partition coefficient (Wildman–Crippen LogP) is -3.73. The van der Waals surface area contributed by atoms with Crippen LogP contribution in [0.15, 0.2) is 19.0 Å². The number of hydrogen-bond donors (Lipinski definition) is 3. The molecule has 0 aliphatic rings. The van der Waals surface area contributed by atoms with E-state index in [-0.39, 0.29) is 55.2 Å². The number of nitrogens with zero attached hydrogens (tertiary/aromatic N) is 12. The van der Waals surface area contributed by atoms with Gasteiger partial charge in [-0.25, -0.2) is 0 Å². The van der Waals surface area contributed by atoms with Crippen molar-refractivity contribution in [2.45, 2.75) is 19.6 Å². The van der Waals surface area contributed by atoms with E-state index in [0.29, 0.717) is 0 Å². The maximum atomic E-state index is 9.94. The molecule has 0 aliphatic carbocycles. The van der Waals surface area contributed by atoms with Crippen molar-refractivity contribution >= 4 is 17.9 Å². The fraction of sp³-hybridized carbons (Fsp3) is 0.333. The first-order chi connectivity index (χ1) is 12.9. The van der Waals surface area contributed by atoms with Gasteiger partial charge in [-0.1, -0.05) is 0 Å². The summed E-state index contributed by atoms with van der Waals surface area (Å²) in [7, 11) is 0. The molecular weight excluding hydrogens is 511 g/mol. The Kier molecular flexibility index (Phi) is 12.4. The molecule has 0 saturated heterocycles. The number of aromatic nitrogens is 12. The van der Waals surface area contributed by atoms with Crippen molar-refractivity contribution in [1.29, 1.82) is 0 Å². The molecule has 0 aliphatic heterocycles. The average Bonchev–Trinajstić information content (AvgIpc) is 3.30.